The highest BCUT2D eigenvalue weighted by atomic mass is 32.2. The first-order chi connectivity index (χ1) is 9.86. The molecular formula is C17H17NOS. The summed E-state index contributed by atoms with van der Waals surface area (Å²) in [5.74, 6) is 1.26. The van der Waals surface area contributed by atoms with Crippen molar-refractivity contribution in [2.45, 2.75) is 18.1 Å². The Morgan fingerprint density at radius 3 is 2.30 bits per heavy atom. The third-order valence-electron chi connectivity index (χ3n) is 3.55. The van der Waals surface area contributed by atoms with Crippen molar-refractivity contribution in [2.24, 2.45) is 5.16 Å². The minimum Gasteiger partial charge on any atom is -0.411 e. The first-order valence-electron chi connectivity index (χ1n) is 6.85. The smallest absolute Gasteiger partial charge is 0.0868 e. The second kappa shape index (κ2) is 6.14. The second-order valence-electron chi connectivity index (χ2n) is 4.98. The van der Waals surface area contributed by atoms with E-state index in [-0.39, 0.29) is 0 Å². The summed E-state index contributed by atoms with van der Waals surface area (Å²) in [6.07, 6.45) is 1.95. The van der Waals surface area contributed by atoms with E-state index < -0.39 is 0 Å². The molecule has 0 aromatic heterocycles. The molecule has 1 aliphatic rings. The first-order valence-corrected chi connectivity index (χ1v) is 7.90. The Bertz CT molecular complexity index is 588. The number of thioether (sulfide) groups is 1. The maximum Gasteiger partial charge on any atom is 0.0868 e. The van der Waals surface area contributed by atoms with Crippen LogP contribution in [0.5, 0.6) is 0 Å². The molecule has 2 aromatic rings. The summed E-state index contributed by atoms with van der Waals surface area (Å²) in [6, 6.07) is 18.5. The zero-order valence-corrected chi connectivity index (χ0v) is 12.0. The van der Waals surface area contributed by atoms with Crippen molar-refractivity contribution in [3.8, 4) is 11.1 Å². The van der Waals surface area contributed by atoms with Gasteiger partial charge in [-0.3, -0.25) is 0 Å². The Labute approximate surface area is 123 Å². The van der Waals surface area contributed by atoms with E-state index in [0.717, 1.165) is 29.4 Å². The van der Waals surface area contributed by atoms with Crippen molar-refractivity contribution in [3.63, 3.8) is 0 Å². The number of benzene rings is 2. The van der Waals surface area contributed by atoms with Gasteiger partial charge in [-0.15, -0.1) is 0 Å². The van der Waals surface area contributed by atoms with Crippen molar-refractivity contribution in [1.82, 2.24) is 0 Å². The lowest BCUT2D eigenvalue weighted by Gasteiger charge is -2.06. The molecule has 0 radical (unpaired) electrons. The van der Waals surface area contributed by atoms with Crippen LogP contribution in [-0.4, -0.2) is 21.9 Å². The number of hydrogen-bond donors (Lipinski definition) is 1. The minimum absolute atomic E-state index is 0.773. The molecule has 0 saturated carbocycles. The fourth-order valence-electron chi connectivity index (χ4n) is 2.27. The van der Waals surface area contributed by atoms with Gasteiger partial charge in [-0.25, -0.2) is 0 Å². The van der Waals surface area contributed by atoms with Gasteiger partial charge in [-0.1, -0.05) is 59.8 Å². The zero-order valence-electron chi connectivity index (χ0n) is 11.2. The van der Waals surface area contributed by atoms with Crippen molar-refractivity contribution >= 4 is 17.5 Å². The quantitative estimate of drug-likeness (QED) is 0.381. The summed E-state index contributed by atoms with van der Waals surface area (Å²) < 4.78 is 0. The monoisotopic (exact) mass is 283 g/mol. The van der Waals surface area contributed by atoms with Crippen LogP contribution in [0.4, 0.5) is 0 Å². The lowest BCUT2D eigenvalue weighted by molar-refractivity contribution is 0.318. The number of oxime groups is 1. The molecule has 0 amide bonds. The third-order valence-corrected chi connectivity index (χ3v) is 4.59. The minimum atomic E-state index is 0.773. The molecule has 0 aliphatic carbocycles. The Morgan fingerprint density at radius 2 is 1.70 bits per heavy atom. The van der Waals surface area contributed by atoms with E-state index in [1.165, 1.54) is 16.9 Å². The average Bonchev–Trinajstić information content (AvgIpc) is 3.34. The maximum absolute atomic E-state index is 9.18. The van der Waals surface area contributed by atoms with Crippen molar-refractivity contribution in [2.75, 3.05) is 5.75 Å². The molecule has 1 N–H and O–H groups in total. The highest BCUT2D eigenvalue weighted by molar-refractivity contribution is 8.06. The fourth-order valence-corrected chi connectivity index (χ4v) is 2.86. The van der Waals surface area contributed by atoms with Crippen LogP contribution in [0, 0.1) is 0 Å². The molecule has 1 heterocycles. The van der Waals surface area contributed by atoms with Gasteiger partial charge in [0.25, 0.3) is 0 Å². The Kier molecular flexibility index (Phi) is 4.07. The van der Waals surface area contributed by atoms with Gasteiger partial charge in [0.2, 0.25) is 0 Å². The zero-order chi connectivity index (χ0) is 13.8. The summed E-state index contributed by atoms with van der Waals surface area (Å²) >= 11 is 1.98. The van der Waals surface area contributed by atoms with Gasteiger partial charge in [0.05, 0.1) is 5.71 Å². The molecule has 1 saturated heterocycles. The van der Waals surface area contributed by atoms with Gasteiger partial charge in [0.1, 0.15) is 0 Å². The molecule has 2 nitrogen and oxygen atoms in total. The SMILES string of the molecule is O/N=C(\CCC1CS1)c1ccc(-c2ccccc2)cc1. The van der Waals surface area contributed by atoms with E-state index in [4.69, 9.17) is 0 Å². The predicted octanol–water partition coefficient (Wildman–Crippen LogP) is 4.43. The van der Waals surface area contributed by atoms with Crippen LogP contribution in [0.3, 0.4) is 0 Å². The van der Waals surface area contributed by atoms with Gasteiger partial charge in [-0.05, 0) is 29.5 Å². The van der Waals surface area contributed by atoms with Crippen LogP contribution < -0.4 is 0 Å². The maximum atomic E-state index is 9.18. The Hall–Kier alpha value is -1.74. The molecule has 0 bridgehead atoms. The van der Waals surface area contributed by atoms with Crippen LogP contribution in [0.1, 0.15) is 18.4 Å². The van der Waals surface area contributed by atoms with E-state index in [1.807, 2.05) is 42.1 Å². The molecule has 1 unspecified atom stereocenters. The van der Waals surface area contributed by atoms with Crippen LogP contribution >= 0.6 is 11.8 Å². The van der Waals surface area contributed by atoms with Gasteiger partial charge in [0.15, 0.2) is 0 Å². The number of hydrogen-bond acceptors (Lipinski definition) is 3. The highest BCUT2D eigenvalue weighted by Gasteiger charge is 2.22. The average molecular weight is 283 g/mol. The highest BCUT2D eigenvalue weighted by Crippen LogP contribution is 2.34. The molecule has 102 valence electrons. The van der Waals surface area contributed by atoms with Gasteiger partial charge < -0.3 is 5.21 Å². The molecule has 20 heavy (non-hydrogen) atoms. The summed E-state index contributed by atoms with van der Waals surface area (Å²) in [5.41, 5.74) is 4.19. The summed E-state index contributed by atoms with van der Waals surface area (Å²) in [6.45, 7) is 0. The van der Waals surface area contributed by atoms with Gasteiger partial charge in [-0.2, -0.15) is 11.8 Å². The molecule has 1 aliphatic heterocycles. The van der Waals surface area contributed by atoms with E-state index in [1.54, 1.807) is 0 Å². The van der Waals surface area contributed by atoms with Gasteiger partial charge >= 0.3 is 0 Å². The van der Waals surface area contributed by atoms with Crippen LogP contribution in [0.2, 0.25) is 0 Å². The first kappa shape index (κ1) is 13.3. The number of nitrogens with zero attached hydrogens (tertiary/aromatic N) is 1. The largest absolute Gasteiger partial charge is 0.411 e. The van der Waals surface area contributed by atoms with E-state index in [9.17, 15) is 5.21 Å². The molecule has 2 aromatic carbocycles. The fraction of sp³-hybridized carbons (Fsp3) is 0.235. The molecule has 1 atom stereocenters. The second-order valence-corrected chi connectivity index (χ2v) is 6.32. The van der Waals surface area contributed by atoms with Crippen LogP contribution in [0.15, 0.2) is 59.8 Å². The normalized spacial score (nSPS) is 18.0. The third kappa shape index (κ3) is 3.23. The number of rotatable bonds is 5. The van der Waals surface area contributed by atoms with Crippen molar-refractivity contribution in [3.05, 3.63) is 60.2 Å². The molecule has 1 fully saturated rings. The molecule has 0 spiro atoms. The predicted molar refractivity (Wildman–Crippen MR) is 85.7 cm³/mol. The van der Waals surface area contributed by atoms with E-state index in [2.05, 4.69) is 29.4 Å². The lowest BCUT2D eigenvalue weighted by atomic mass is 10.00. The lowest BCUT2D eigenvalue weighted by Crippen LogP contribution is -2.02. The topological polar surface area (TPSA) is 32.6 Å². The van der Waals surface area contributed by atoms with Crippen LogP contribution in [0.25, 0.3) is 11.1 Å². The van der Waals surface area contributed by atoms with E-state index >= 15 is 0 Å². The van der Waals surface area contributed by atoms with E-state index in [0.29, 0.717) is 0 Å². The van der Waals surface area contributed by atoms with Crippen molar-refractivity contribution in [1.29, 1.82) is 0 Å². The summed E-state index contributed by atoms with van der Waals surface area (Å²) in [5, 5.41) is 13.4. The summed E-state index contributed by atoms with van der Waals surface area (Å²) in [7, 11) is 0. The van der Waals surface area contributed by atoms with Gasteiger partial charge in [0, 0.05) is 11.0 Å². The molecular weight excluding hydrogens is 266 g/mol. The van der Waals surface area contributed by atoms with Crippen molar-refractivity contribution < 1.29 is 5.21 Å². The Balaban J connectivity index is 1.74. The standard InChI is InChI=1S/C17H17NOS/c19-18-17(11-10-16-12-20-16)15-8-6-14(7-9-15)13-4-2-1-3-5-13/h1-9,16,19H,10-12H2/b18-17+. The Morgan fingerprint density at radius 1 is 1.05 bits per heavy atom. The molecule has 3 rings (SSSR count). The molecule has 3 heteroatoms. The summed E-state index contributed by atoms with van der Waals surface area (Å²) in [4.78, 5) is 0. The van der Waals surface area contributed by atoms with Crippen LogP contribution in [-0.2, 0) is 0 Å².